The maximum absolute atomic E-state index is 11.9. The van der Waals surface area contributed by atoms with Crippen molar-refractivity contribution in [1.82, 2.24) is 0 Å². The van der Waals surface area contributed by atoms with Gasteiger partial charge in [-0.15, -0.1) is 0 Å². The summed E-state index contributed by atoms with van der Waals surface area (Å²) in [4.78, 5) is 11.9. The number of hydrogen-bond acceptors (Lipinski definition) is 5. The molecule has 0 amide bonds. The van der Waals surface area contributed by atoms with Crippen molar-refractivity contribution >= 4 is 5.78 Å². The molecule has 1 atom stereocenters. The molecule has 102 valence electrons. The fourth-order valence-corrected chi connectivity index (χ4v) is 3.00. The number of rotatable bonds is 3. The standard InChI is InChI=1S/C14H17NO4/c1-7(17)11-8-2-4-19-14(8)12(10(15)6-16)9-3-5-18-13(9)11/h10,16H,2-6,15H2,1H3. The number of carbonyl (C=O) groups is 1. The van der Waals surface area contributed by atoms with E-state index in [1.807, 2.05) is 0 Å². The van der Waals surface area contributed by atoms with E-state index in [0.29, 0.717) is 43.1 Å². The molecular weight excluding hydrogens is 246 g/mol. The molecule has 0 saturated carbocycles. The first kappa shape index (κ1) is 12.4. The average molecular weight is 263 g/mol. The van der Waals surface area contributed by atoms with Gasteiger partial charge in [-0.2, -0.15) is 0 Å². The molecule has 3 N–H and O–H groups in total. The van der Waals surface area contributed by atoms with Crippen LogP contribution in [-0.4, -0.2) is 30.7 Å². The number of hydrogen-bond donors (Lipinski definition) is 2. The monoisotopic (exact) mass is 263 g/mol. The summed E-state index contributed by atoms with van der Waals surface area (Å²) in [7, 11) is 0. The highest BCUT2D eigenvalue weighted by atomic mass is 16.5. The van der Waals surface area contributed by atoms with Crippen LogP contribution in [0.25, 0.3) is 0 Å². The molecule has 0 spiro atoms. The van der Waals surface area contributed by atoms with E-state index in [2.05, 4.69) is 0 Å². The Hall–Kier alpha value is -1.59. The predicted molar refractivity (Wildman–Crippen MR) is 68.9 cm³/mol. The number of ketones is 1. The van der Waals surface area contributed by atoms with E-state index >= 15 is 0 Å². The van der Waals surface area contributed by atoms with E-state index in [1.165, 1.54) is 0 Å². The van der Waals surface area contributed by atoms with Gasteiger partial charge in [0, 0.05) is 29.5 Å². The van der Waals surface area contributed by atoms with E-state index < -0.39 is 6.04 Å². The molecule has 0 aromatic heterocycles. The Morgan fingerprint density at radius 3 is 2.53 bits per heavy atom. The fourth-order valence-electron chi connectivity index (χ4n) is 3.00. The summed E-state index contributed by atoms with van der Waals surface area (Å²) >= 11 is 0. The van der Waals surface area contributed by atoms with Crippen LogP contribution in [-0.2, 0) is 12.8 Å². The topological polar surface area (TPSA) is 81.8 Å². The van der Waals surface area contributed by atoms with Gasteiger partial charge in [0.25, 0.3) is 0 Å². The van der Waals surface area contributed by atoms with Gasteiger partial charge in [-0.1, -0.05) is 0 Å². The van der Waals surface area contributed by atoms with E-state index in [1.54, 1.807) is 6.92 Å². The lowest BCUT2D eigenvalue weighted by Gasteiger charge is -2.19. The zero-order valence-electron chi connectivity index (χ0n) is 10.9. The van der Waals surface area contributed by atoms with Gasteiger partial charge in [-0.25, -0.2) is 0 Å². The zero-order valence-corrected chi connectivity index (χ0v) is 10.9. The zero-order chi connectivity index (χ0) is 13.6. The van der Waals surface area contributed by atoms with Gasteiger partial charge in [0.05, 0.1) is 31.4 Å². The summed E-state index contributed by atoms with van der Waals surface area (Å²) in [6.07, 6.45) is 1.39. The Bertz CT molecular complexity index is 518. The van der Waals surface area contributed by atoms with Crippen molar-refractivity contribution in [2.75, 3.05) is 19.8 Å². The van der Waals surface area contributed by atoms with Crippen LogP contribution in [0, 0.1) is 0 Å². The minimum atomic E-state index is -0.497. The maximum Gasteiger partial charge on any atom is 0.163 e. The summed E-state index contributed by atoms with van der Waals surface area (Å²) in [5.41, 5.74) is 9.25. The quantitative estimate of drug-likeness (QED) is 0.786. The predicted octanol–water partition coefficient (Wildman–Crippen LogP) is 0.751. The van der Waals surface area contributed by atoms with Gasteiger partial charge in [0.2, 0.25) is 0 Å². The molecule has 2 heterocycles. The van der Waals surface area contributed by atoms with Crippen molar-refractivity contribution < 1.29 is 19.4 Å². The molecule has 0 radical (unpaired) electrons. The molecule has 3 rings (SSSR count). The Morgan fingerprint density at radius 2 is 1.89 bits per heavy atom. The third-order valence-corrected chi connectivity index (χ3v) is 3.76. The molecule has 1 unspecified atom stereocenters. The molecule has 2 aliphatic heterocycles. The smallest absolute Gasteiger partial charge is 0.163 e. The average Bonchev–Trinajstić information content (AvgIpc) is 3.02. The number of carbonyl (C=O) groups excluding carboxylic acids is 1. The van der Waals surface area contributed by atoms with Crippen molar-refractivity contribution in [3.8, 4) is 11.5 Å². The first-order valence-electron chi connectivity index (χ1n) is 6.49. The second-order valence-corrected chi connectivity index (χ2v) is 4.95. The molecule has 5 heteroatoms. The second kappa shape index (κ2) is 4.51. The highest BCUT2D eigenvalue weighted by Gasteiger charge is 2.34. The van der Waals surface area contributed by atoms with Gasteiger partial charge in [-0.05, 0) is 6.92 Å². The lowest BCUT2D eigenvalue weighted by Crippen LogP contribution is -2.18. The number of nitrogens with two attached hydrogens (primary N) is 1. The first-order chi connectivity index (χ1) is 9.15. The van der Waals surface area contributed by atoms with Gasteiger partial charge in [0.15, 0.2) is 5.78 Å². The van der Waals surface area contributed by atoms with E-state index in [9.17, 15) is 9.90 Å². The van der Waals surface area contributed by atoms with Crippen molar-refractivity contribution in [2.45, 2.75) is 25.8 Å². The molecule has 2 aliphatic rings. The molecule has 5 nitrogen and oxygen atoms in total. The van der Waals surface area contributed by atoms with Crippen LogP contribution in [0.15, 0.2) is 0 Å². The van der Waals surface area contributed by atoms with Gasteiger partial charge in [0.1, 0.15) is 11.5 Å². The molecule has 1 aromatic carbocycles. The van der Waals surface area contributed by atoms with Crippen LogP contribution in [0.2, 0.25) is 0 Å². The van der Waals surface area contributed by atoms with Crippen LogP contribution in [0.1, 0.15) is 40.0 Å². The molecular formula is C14H17NO4. The SMILES string of the molecule is CC(=O)c1c2c(c(C(N)CO)c3c1OCC3)OCC2. The Kier molecular flexibility index (Phi) is 2.95. The molecule has 0 saturated heterocycles. The molecule has 19 heavy (non-hydrogen) atoms. The largest absolute Gasteiger partial charge is 0.493 e. The highest BCUT2D eigenvalue weighted by Crippen LogP contribution is 2.46. The molecule has 1 aromatic rings. The summed E-state index contributed by atoms with van der Waals surface area (Å²) in [6.45, 7) is 2.48. The Balaban J connectivity index is 2.31. The lowest BCUT2D eigenvalue weighted by atomic mass is 9.89. The van der Waals surface area contributed by atoms with Crippen molar-refractivity contribution in [2.24, 2.45) is 5.73 Å². The molecule has 0 aliphatic carbocycles. The van der Waals surface area contributed by atoms with Gasteiger partial charge >= 0.3 is 0 Å². The van der Waals surface area contributed by atoms with Crippen LogP contribution < -0.4 is 15.2 Å². The minimum Gasteiger partial charge on any atom is -0.493 e. The van der Waals surface area contributed by atoms with Gasteiger partial charge in [-0.3, -0.25) is 4.79 Å². The molecule has 0 fully saturated rings. The normalized spacial score (nSPS) is 17.4. The van der Waals surface area contributed by atoms with Crippen LogP contribution >= 0.6 is 0 Å². The number of aliphatic hydroxyl groups is 1. The third kappa shape index (κ3) is 1.73. The summed E-state index contributed by atoms with van der Waals surface area (Å²) < 4.78 is 11.3. The molecule has 0 bridgehead atoms. The number of benzene rings is 1. The van der Waals surface area contributed by atoms with E-state index in [0.717, 1.165) is 16.7 Å². The van der Waals surface area contributed by atoms with Crippen LogP contribution in [0.5, 0.6) is 11.5 Å². The minimum absolute atomic E-state index is 0.0102. The number of ether oxygens (including phenoxy) is 2. The van der Waals surface area contributed by atoms with E-state index in [4.69, 9.17) is 15.2 Å². The van der Waals surface area contributed by atoms with Crippen LogP contribution in [0.4, 0.5) is 0 Å². The number of Topliss-reactive ketones (excluding diaryl/α,β-unsaturated/α-hetero) is 1. The maximum atomic E-state index is 11.9. The number of aliphatic hydroxyl groups excluding tert-OH is 1. The van der Waals surface area contributed by atoms with Crippen molar-refractivity contribution in [1.29, 1.82) is 0 Å². The lowest BCUT2D eigenvalue weighted by molar-refractivity contribution is 0.101. The number of fused-ring (bicyclic) bond motifs is 2. The fraction of sp³-hybridized carbons (Fsp3) is 0.500. The van der Waals surface area contributed by atoms with Crippen molar-refractivity contribution in [3.05, 3.63) is 22.3 Å². The van der Waals surface area contributed by atoms with Crippen LogP contribution in [0.3, 0.4) is 0 Å². The third-order valence-electron chi connectivity index (χ3n) is 3.76. The Labute approximate surface area is 111 Å². The summed E-state index contributed by atoms with van der Waals surface area (Å²) in [6, 6.07) is -0.497. The highest BCUT2D eigenvalue weighted by molar-refractivity contribution is 6.00. The first-order valence-corrected chi connectivity index (χ1v) is 6.49. The second-order valence-electron chi connectivity index (χ2n) is 4.95. The van der Waals surface area contributed by atoms with Gasteiger partial charge < -0.3 is 20.3 Å². The van der Waals surface area contributed by atoms with E-state index in [-0.39, 0.29) is 12.4 Å². The van der Waals surface area contributed by atoms with Crippen molar-refractivity contribution in [3.63, 3.8) is 0 Å². The summed E-state index contributed by atoms with van der Waals surface area (Å²) in [5.74, 6) is 1.33. The Morgan fingerprint density at radius 1 is 1.26 bits per heavy atom. The summed E-state index contributed by atoms with van der Waals surface area (Å²) in [5, 5.41) is 9.34.